The summed E-state index contributed by atoms with van der Waals surface area (Å²) in [5.74, 6) is 0.0509. The SMILES string of the molecule is CC(Cc1cccs1)NC(=O)Cc1ccccc1CN. The molecule has 0 fully saturated rings. The standard InChI is InChI=1S/C16H20N2OS/c1-12(9-15-7-4-8-20-15)18-16(19)10-13-5-2-3-6-14(13)11-17/h2-8,12H,9-11,17H2,1H3,(H,18,19). The summed E-state index contributed by atoms with van der Waals surface area (Å²) in [6.07, 6.45) is 1.27. The first-order chi connectivity index (χ1) is 9.69. The molecule has 1 aromatic carbocycles. The van der Waals surface area contributed by atoms with Crippen LogP contribution in [0.25, 0.3) is 0 Å². The van der Waals surface area contributed by atoms with Crippen LogP contribution in [0, 0.1) is 0 Å². The Balaban J connectivity index is 1.88. The van der Waals surface area contributed by atoms with Gasteiger partial charge in [-0.15, -0.1) is 11.3 Å². The summed E-state index contributed by atoms with van der Waals surface area (Å²) in [7, 11) is 0. The minimum absolute atomic E-state index is 0.0509. The Bertz CT molecular complexity index is 551. The fourth-order valence-electron chi connectivity index (χ4n) is 2.21. The molecule has 106 valence electrons. The number of thiophene rings is 1. The zero-order valence-corrected chi connectivity index (χ0v) is 12.5. The molecule has 4 heteroatoms. The summed E-state index contributed by atoms with van der Waals surface area (Å²) in [4.78, 5) is 13.4. The van der Waals surface area contributed by atoms with Crippen LogP contribution >= 0.6 is 11.3 Å². The third-order valence-electron chi connectivity index (χ3n) is 3.18. The first kappa shape index (κ1) is 14.8. The average molecular weight is 288 g/mol. The van der Waals surface area contributed by atoms with E-state index in [1.807, 2.05) is 37.3 Å². The molecule has 0 aliphatic carbocycles. The van der Waals surface area contributed by atoms with Crippen molar-refractivity contribution in [3.05, 3.63) is 57.8 Å². The van der Waals surface area contributed by atoms with Crippen LogP contribution in [0.15, 0.2) is 41.8 Å². The van der Waals surface area contributed by atoms with E-state index in [-0.39, 0.29) is 11.9 Å². The molecule has 0 spiro atoms. The third kappa shape index (κ3) is 4.18. The molecule has 1 atom stereocenters. The Morgan fingerprint density at radius 1 is 1.25 bits per heavy atom. The highest BCUT2D eigenvalue weighted by Gasteiger charge is 2.11. The van der Waals surface area contributed by atoms with Crippen molar-refractivity contribution >= 4 is 17.2 Å². The predicted molar refractivity (Wildman–Crippen MR) is 83.7 cm³/mol. The lowest BCUT2D eigenvalue weighted by Gasteiger charge is -2.14. The van der Waals surface area contributed by atoms with E-state index >= 15 is 0 Å². The van der Waals surface area contributed by atoms with Crippen molar-refractivity contribution in [2.45, 2.75) is 32.4 Å². The predicted octanol–water partition coefficient (Wildman–Crippen LogP) is 2.50. The van der Waals surface area contributed by atoms with E-state index in [2.05, 4.69) is 16.8 Å². The van der Waals surface area contributed by atoms with E-state index < -0.39 is 0 Å². The van der Waals surface area contributed by atoms with E-state index in [1.165, 1.54) is 4.88 Å². The quantitative estimate of drug-likeness (QED) is 0.858. The lowest BCUT2D eigenvalue weighted by molar-refractivity contribution is -0.121. The molecule has 0 bridgehead atoms. The van der Waals surface area contributed by atoms with Crippen LogP contribution in [0.5, 0.6) is 0 Å². The molecule has 1 amide bonds. The number of nitrogens with one attached hydrogen (secondary N) is 1. The van der Waals surface area contributed by atoms with Gasteiger partial charge in [-0.05, 0) is 29.5 Å². The average Bonchev–Trinajstić information content (AvgIpc) is 2.91. The fourth-order valence-corrected chi connectivity index (χ4v) is 3.04. The Kier molecular flexibility index (Phi) is 5.32. The first-order valence-corrected chi connectivity index (χ1v) is 7.65. The molecule has 1 unspecified atom stereocenters. The molecule has 3 nitrogen and oxygen atoms in total. The monoisotopic (exact) mass is 288 g/mol. The van der Waals surface area contributed by atoms with Crippen molar-refractivity contribution in [3.8, 4) is 0 Å². The fraction of sp³-hybridized carbons (Fsp3) is 0.312. The van der Waals surface area contributed by atoms with Gasteiger partial charge < -0.3 is 11.1 Å². The number of hydrogen-bond acceptors (Lipinski definition) is 3. The Morgan fingerprint density at radius 3 is 2.65 bits per heavy atom. The van der Waals surface area contributed by atoms with Gasteiger partial charge in [0.1, 0.15) is 0 Å². The summed E-state index contributed by atoms with van der Waals surface area (Å²) < 4.78 is 0. The van der Waals surface area contributed by atoms with Gasteiger partial charge in [0.2, 0.25) is 5.91 Å². The topological polar surface area (TPSA) is 55.1 Å². The van der Waals surface area contributed by atoms with Crippen molar-refractivity contribution in [1.82, 2.24) is 5.32 Å². The van der Waals surface area contributed by atoms with Crippen LogP contribution < -0.4 is 11.1 Å². The van der Waals surface area contributed by atoms with Gasteiger partial charge in [0, 0.05) is 23.9 Å². The molecule has 0 aliphatic heterocycles. The molecular formula is C16H20N2OS. The second-order valence-corrected chi connectivity index (χ2v) is 5.93. The van der Waals surface area contributed by atoms with Crippen molar-refractivity contribution in [2.75, 3.05) is 0 Å². The maximum Gasteiger partial charge on any atom is 0.224 e. The molecule has 0 saturated carbocycles. The number of benzene rings is 1. The summed E-state index contributed by atoms with van der Waals surface area (Å²) >= 11 is 1.72. The van der Waals surface area contributed by atoms with Gasteiger partial charge in [-0.1, -0.05) is 30.3 Å². The van der Waals surface area contributed by atoms with Crippen molar-refractivity contribution < 1.29 is 4.79 Å². The molecule has 0 radical (unpaired) electrons. The number of rotatable bonds is 6. The normalized spacial score (nSPS) is 12.1. The van der Waals surface area contributed by atoms with Crippen LogP contribution in [-0.4, -0.2) is 11.9 Å². The van der Waals surface area contributed by atoms with Gasteiger partial charge in [-0.2, -0.15) is 0 Å². The molecule has 20 heavy (non-hydrogen) atoms. The highest BCUT2D eigenvalue weighted by atomic mass is 32.1. The maximum atomic E-state index is 12.1. The lowest BCUT2D eigenvalue weighted by Crippen LogP contribution is -2.35. The zero-order valence-electron chi connectivity index (χ0n) is 11.6. The number of nitrogens with two attached hydrogens (primary N) is 1. The van der Waals surface area contributed by atoms with Crippen LogP contribution in [-0.2, 0) is 24.2 Å². The summed E-state index contributed by atoms with van der Waals surface area (Å²) in [6.45, 7) is 2.50. The number of amides is 1. The van der Waals surface area contributed by atoms with Crippen molar-refractivity contribution in [2.24, 2.45) is 5.73 Å². The Labute approximate surface area is 123 Å². The molecular weight excluding hydrogens is 268 g/mol. The Morgan fingerprint density at radius 2 is 2.00 bits per heavy atom. The van der Waals surface area contributed by atoms with Gasteiger partial charge in [-0.25, -0.2) is 0 Å². The van der Waals surface area contributed by atoms with E-state index in [4.69, 9.17) is 5.73 Å². The highest BCUT2D eigenvalue weighted by Crippen LogP contribution is 2.12. The molecule has 2 aromatic rings. The third-order valence-corrected chi connectivity index (χ3v) is 4.08. The van der Waals surface area contributed by atoms with Crippen molar-refractivity contribution in [1.29, 1.82) is 0 Å². The van der Waals surface area contributed by atoms with Crippen molar-refractivity contribution in [3.63, 3.8) is 0 Å². The molecule has 1 heterocycles. The summed E-state index contributed by atoms with van der Waals surface area (Å²) in [6, 6.07) is 12.1. The molecule has 2 rings (SSSR count). The van der Waals surface area contributed by atoms with Crippen LogP contribution in [0.1, 0.15) is 22.9 Å². The van der Waals surface area contributed by atoms with Gasteiger partial charge in [0.25, 0.3) is 0 Å². The Hall–Kier alpha value is -1.65. The van der Waals surface area contributed by atoms with Gasteiger partial charge in [-0.3, -0.25) is 4.79 Å². The van der Waals surface area contributed by atoms with Gasteiger partial charge in [0.15, 0.2) is 0 Å². The molecule has 3 N–H and O–H groups in total. The van der Waals surface area contributed by atoms with E-state index in [0.717, 1.165) is 17.5 Å². The highest BCUT2D eigenvalue weighted by molar-refractivity contribution is 7.09. The summed E-state index contributed by atoms with van der Waals surface area (Å²) in [5, 5.41) is 5.10. The first-order valence-electron chi connectivity index (χ1n) is 6.77. The van der Waals surface area contributed by atoms with E-state index in [1.54, 1.807) is 11.3 Å². The molecule has 0 aliphatic rings. The minimum atomic E-state index is 0.0509. The smallest absolute Gasteiger partial charge is 0.224 e. The van der Waals surface area contributed by atoms with E-state index in [9.17, 15) is 4.79 Å². The number of carbonyl (C=O) groups is 1. The van der Waals surface area contributed by atoms with Gasteiger partial charge >= 0.3 is 0 Å². The summed E-state index contributed by atoms with van der Waals surface area (Å²) in [5.41, 5.74) is 7.73. The maximum absolute atomic E-state index is 12.1. The zero-order chi connectivity index (χ0) is 14.4. The van der Waals surface area contributed by atoms with Crippen LogP contribution in [0.4, 0.5) is 0 Å². The molecule has 1 aromatic heterocycles. The number of carbonyl (C=O) groups excluding carboxylic acids is 1. The second-order valence-electron chi connectivity index (χ2n) is 4.90. The largest absolute Gasteiger partial charge is 0.353 e. The van der Waals surface area contributed by atoms with Gasteiger partial charge in [0.05, 0.1) is 6.42 Å². The van der Waals surface area contributed by atoms with E-state index in [0.29, 0.717) is 13.0 Å². The number of hydrogen-bond donors (Lipinski definition) is 2. The lowest BCUT2D eigenvalue weighted by atomic mass is 10.0. The van der Waals surface area contributed by atoms with Crippen LogP contribution in [0.2, 0.25) is 0 Å². The second kappa shape index (κ2) is 7.22. The minimum Gasteiger partial charge on any atom is -0.353 e. The molecule has 0 saturated heterocycles. The van der Waals surface area contributed by atoms with Crippen LogP contribution in [0.3, 0.4) is 0 Å².